The average Bonchev–Trinajstić information content (AvgIpc) is 2.73. The third kappa shape index (κ3) is 15.4. The van der Waals surface area contributed by atoms with Gasteiger partial charge in [0.05, 0.1) is 0 Å². The minimum atomic E-state index is -2.51. The summed E-state index contributed by atoms with van der Waals surface area (Å²) < 4.78 is 27.8. The molecule has 0 rings (SSSR count). The van der Waals surface area contributed by atoms with Crippen LogP contribution in [0.1, 0.15) is 85.5 Å². The predicted octanol–water partition coefficient (Wildman–Crippen LogP) is 5.13. The first kappa shape index (κ1) is 30.6. The van der Waals surface area contributed by atoms with Crippen LogP contribution in [0.4, 0.5) is 4.79 Å². The van der Waals surface area contributed by atoms with E-state index in [-0.39, 0.29) is 6.61 Å². The van der Waals surface area contributed by atoms with Crippen molar-refractivity contribution in [2.75, 3.05) is 26.4 Å². The molecule has 1 atom stereocenters. The van der Waals surface area contributed by atoms with E-state index in [1.807, 2.05) is 20.8 Å². The molecule has 0 aromatic heterocycles. The minimum absolute atomic E-state index is 0.0234. The first-order valence-electron chi connectivity index (χ1n) is 12.0. The molecule has 1 amide bonds. The number of unbranched alkanes of at least 4 members (excludes halogenated alkanes) is 7. The van der Waals surface area contributed by atoms with E-state index in [2.05, 4.69) is 6.58 Å². The van der Waals surface area contributed by atoms with Crippen LogP contribution in [-0.2, 0) is 27.5 Å². The summed E-state index contributed by atoms with van der Waals surface area (Å²) in [5.74, 6) is -0.479. The van der Waals surface area contributed by atoms with Gasteiger partial charge in [-0.2, -0.15) is 0 Å². The summed E-state index contributed by atoms with van der Waals surface area (Å²) in [6, 6.07) is 0.875. The van der Waals surface area contributed by atoms with E-state index in [1.54, 1.807) is 6.92 Å². The lowest BCUT2D eigenvalue weighted by Crippen LogP contribution is -2.45. The Morgan fingerprint density at radius 1 is 0.844 bits per heavy atom. The Labute approximate surface area is 195 Å². The Bertz CT molecular complexity index is 513. The molecule has 188 valence electrons. The first-order valence-corrected chi connectivity index (χ1v) is 13.9. The molecule has 0 aliphatic rings. The normalized spacial score (nSPS) is 12.4. The number of hydrogen-bond acceptors (Lipinski definition) is 7. The molecule has 0 spiro atoms. The Balaban J connectivity index is 4.01. The fourth-order valence-electron chi connectivity index (χ4n) is 3.38. The van der Waals surface area contributed by atoms with Crippen LogP contribution in [-0.4, -0.2) is 53.4 Å². The van der Waals surface area contributed by atoms with E-state index in [0.717, 1.165) is 38.1 Å². The number of esters is 1. The van der Waals surface area contributed by atoms with Gasteiger partial charge in [0.1, 0.15) is 12.7 Å². The van der Waals surface area contributed by atoms with E-state index < -0.39 is 27.0 Å². The van der Waals surface area contributed by atoms with Gasteiger partial charge in [-0.05, 0) is 47.0 Å². The lowest BCUT2D eigenvalue weighted by Gasteiger charge is -2.28. The van der Waals surface area contributed by atoms with Crippen LogP contribution < -0.4 is 5.73 Å². The van der Waals surface area contributed by atoms with Gasteiger partial charge in [0.2, 0.25) is 0 Å². The van der Waals surface area contributed by atoms with Gasteiger partial charge in [-0.15, -0.1) is 0 Å². The van der Waals surface area contributed by atoms with E-state index in [9.17, 15) is 9.59 Å². The summed E-state index contributed by atoms with van der Waals surface area (Å²) >= 11 is 0. The standard InChI is InChI=1S/C23H45NO7Si/c1-6-28-32(29-7-2,30-8-3)18-16-14-12-10-9-11-13-15-17-21(19-27-23(24)26)31-22(25)20(4)5/h21H,4,6-19H2,1-3,5H3,(H2,24,26). The van der Waals surface area contributed by atoms with Gasteiger partial charge in [-0.25, -0.2) is 9.59 Å². The molecule has 9 heteroatoms. The molecule has 0 aromatic rings. The van der Waals surface area contributed by atoms with Crippen LogP contribution in [0.2, 0.25) is 6.04 Å². The Kier molecular flexibility index (Phi) is 18.2. The van der Waals surface area contributed by atoms with E-state index in [1.165, 1.54) is 19.3 Å². The van der Waals surface area contributed by atoms with Crippen molar-refractivity contribution in [1.82, 2.24) is 0 Å². The highest BCUT2D eigenvalue weighted by Crippen LogP contribution is 2.21. The molecule has 2 N–H and O–H groups in total. The lowest BCUT2D eigenvalue weighted by molar-refractivity contribution is -0.146. The monoisotopic (exact) mass is 475 g/mol. The quantitative estimate of drug-likeness (QED) is 0.106. The number of amides is 1. The van der Waals surface area contributed by atoms with Crippen molar-refractivity contribution in [3.63, 3.8) is 0 Å². The smallest absolute Gasteiger partial charge is 0.455 e. The zero-order chi connectivity index (χ0) is 24.2. The molecule has 1 unspecified atom stereocenters. The van der Waals surface area contributed by atoms with E-state index >= 15 is 0 Å². The molecular formula is C23H45NO7Si. The number of ether oxygens (including phenoxy) is 2. The fourth-order valence-corrected chi connectivity index (χ4v) is 6.06. The zero-order valence-electron chi connectivity index (χ0n) is 20.6. The number of hydrogen-bond donors (Lipinski definition) is 1. The SMILES string of the molecule is C=C(C)C(=O)OC(CCCCCCCCCC[Si](OCC)(OCC)OCC)COC(N)=O. The maximum absolute atomic E-state index is 11.7. The van der Waals surface area contributed by atoms with Crippen LogP contribution in [0, 0.1) is 0 Å². The Morgan fingerprint density at radius 2 is 1.31 bits per heavy atom. The second kappa shape index (κ2) is 19.1. The minimum Gasteiger partial charge on any atom is -0.455 e. The van der Waals surface area contributed by atoms with Crippen molar-refractivity contribution in [2.24, 2.45) is 5.73 Å². The predicted molar refractivity (Wildman–Crippen MR) is 127 cm³/mol. The zero-order valence-corrected chi connectivity index (χ0v) is 21.6. The number of rotatable bonds is 21. The van der Waals surface area contributed by atoms with E-state index in [4.69, 9.17) is 28.5 Å². The molecule has 0 heterocycles. The van der Waals surface area contributed by atoms with Crippen LogP contribution in [0.15, 0.2) is 12.2 Å². The van der Waals surface area contributed by atoms with Gasteiger partial charge in [-0.3, -0.25) is 0 Å². The van der Waals surface area contributed by atoms with Crippen LogP contribution in [0.5, 0.6) is 0 Å². The molecule has 0 radical (unpaired) electrons. The Morgan fingerprint density at radius 3 is 1.75 bits per heavy atom. The highest BCUT2D eigenvalue weighted by Gasteiger charge is 2.39. The molecule has 32 heavy (non-hydrogen) atoms. The van der Waals surface area contributed by atoms with Gasteiger partial charge >= 0.3 is 20.9 Å². The largest absolute Gasteiger partial charge is 0.500 e. The summed E-state index contributed by atoms with van der Waals surface area (Å²) in [6.45, 7) is 12.9. The number of carbonyl (C=O) groups is 2. The summed E-state index contributed by atoms with van der Waals surface area (Å²) in [6.07, 6.45) is 8.05. The molecular weight excluding hydrogens is 430 g/mol. The van der Waals surface area contributed by atoms with Crippen molar-refractivity contribution in [1.29, 1.82) is 0 Å². The van der Waals surface area contributed by atoms with Crippen molar-refractivity contribution in [3.05, 3.63) is 12.2 Å². The molecule has 8 nitrogen and oxygen atoms in total. The van der Waals surface area contributed by atoms with Gasteiger partial charge in [-0.1, -0.05) is 45.1 Å². The number of carbonyl (C=O) groups excluding carboxylic acids is 2. The highest BCUT2D eigenvalue weighted by molar-refractivity contribution is 6.60. The molecule has 0 bridgehead atoms. The maximum atomic E-state index is 11.7. The van der Waals surface area contributed by atoms with Gasteiger partial charge in [0.15, 0.2) is 0 Å². The second-order valence-corrected chi connectivity index (χ2v) is 10.5. The molecule has 0 aliphatic carbocycles. The molecule has 0 aliphatic heterocycles. The van der Waals surface area contributed by atoms with Crippen LogP contribution in [0.25, 0.3) is 0 Å². The maximum Gasteiger partial charge on any atom is 0.500 e. The third-order valence-electron chi connectivity index (χ3n) is 4.89. The number of nitrogens with two attached hydrogens (primary N) is 1. The van der Waals surface area contributed by atoms with Crippen molar-refractivity contribution in [2.45, 2.75) is 97.6 Å². The van der Waals surface area contributed by atoms with Crippen LogP contribution >= 0.6 is 0 Å². The van der Waals surface area contributed by atoms with Crippen molar-refractivity contribution in [3.8, 4) is 0 Å². The molecule has 0 aromatic carbocycles. The second-order valence-electron chi connectivity index (χ2n) is 7.79. The van der Waals surface area contributed by atoms with Crippen molar-refractivity contribution < 1.29 is 32.3 Å². The van der Waals surface area contributed by atoms with E-state index in [0.29, 0.717) is 31.8 Å². The fraction of sp³-hybridized carbons (Fsp3) is 0.826. The van der Waals surface area contributed by atoms with Gasteiger partial charge < -0.3 is 28.5 Å². The summed E-state index contributed by atoms with van der Waals surface area (Å²) in [5.41, 5.74) is 5.32. The van der Waals surface area contributed by atoms with Crippen LogP contribution in [0.3, 0.4) is 0 Å². The molecule has 0 saturated carbocycles. The first-order chi connectivity index (χ1) is 15.3. The summed E-state index contributed by atoms with van der Waals surface area (Å²) in [5, 5.41) is 0. The average molecular weight is 476 g/mol. The number of primary amides is 1. The third-order valence-corrected chi connectivity index (χ3v) is 8.04. The van der Waals surface area contributed by atoms with Crippen molar-refractivity contribution >= 4 is 20.9 Å². The van der Waals surface area contributed by atoms with Gasteiger partial charge in [0, 0.05) is 31.4 Å². The Hall–Kier alpha value is -1.42. The topological polar surface area (TPSA) is 106 Å². The van der Waals surface area contributed by atoms with Gasteiger partial charge in [0.25, 0.3) is 0 Å². The highest BCUT2D eigenvalue weighted by atomic mass is 28.4. The summed E-state index contributed by atoms with van der Waals surface area (Å²) in [4.78, 5) is 22.5. The molecule has 0 saturated heterocycles. The summed E-state index contributed by atoms with van der Waals surface area (Å²) in [7, 11) is -2.51. The molecule has 0 fully saturated rings. The lowest BCUT2D eigenvalue weighted by atomic mass is 10.1.